The lowest BCUT2D eigenvalue weighted by Crippen LogP contribution is -2.34. The first-order valence-electron chi connectivity index (χ1n) is 5.61. The van der Waals surface area contributed by atoms with Crippen molar-refractivity contribution < 1.29 is 14.3 Å². The van der Waals surface area contributed by atoms with Crippen molar-refractivity contribution >= 4 is 11.9 Å². The van der Waals surface area contributed by atoms with Crippen LogP contribution in [0.25, 0.3) is 0 Å². The lowest BCUT2D eigenvalue weighted by Gasteiger charge is -2.10. The van der Waals surface area contributed by atoms with E-state index < -0.39 is 0 Å². The molecule has 0 spiro atoms. The minimum Gasteiger partial charge on any atom is -0.462 e. The second-order valence-corrected chi connectivity index (χ2v) is 4.19. The van der Waals surface area contributed by atoms with Crippen LogP contribution in [0.5, 0.6) is 0 Å². The zero-order valence-electron chi connectivity index (χ0n) is 10.5. The van der Waals surface area contributed by atoms with Gasteiger partial charge in [0.2, 0.25) is 5.91 Å². The van der Waals surface area contributed by atoms with Crippen LogP contribution in [-0.2, 0) is 14.3 Å². The first-order valence-corrected chi connectivity index (χ1v) is 5.61. The van der Waals surface area contributed by atoms with E-state index in [1.165, 1.54) is 0 Å². The predicted molar refractivity (Wildman–Crippen MR) is 62.0 cm³/mol. The maximum atomic E-state index is 11.2. The van der Waals surface area contributed by atoms with E-state index in [9.17, 15) is 9.59 Å². The topological polar surface area (TPSA) is 67.4 Å². The van der Waals surface area contributed by atoms with Crippen LogP contribution in [0.15, 0.2) is 0 Å². The summed E-state index contributed by atoms with van der Waals surface area (Å²) in [7, 11) is 0. The number of ether oxygens (including phenoxy) is 1. The summed E-state index contributed by atoms with van der Waals surface area (Å²) in [5.74, 6) is -0.306. The van der Waals surface area contributed by atoms with Gasteiger partial charge in [-0.05, 0) is 27.7 Å². The van der Waals surface area contributed by atoms with Gasteiger partial charge in [-0.1, -0.05) is 0 Å². The minimum absolute atomic E-state index is 0.0141. The highest BCUT2D eigenvalue weighted by molar-refractivity contribution is 5.76. The van der Waals surface area contributed by atoms with Crippen LogP contribution in [0, 0.1) is 0 Å². The Balaban J connectivity index is 3.46. The third-order valence-electron chi connectivity index (χ3n) is 1.61. The van der Waals surface area contributed by atoms with Crippen molar-refractivity contribution in [3.8, 4) is 0 Å². The molecule has 0 fully saturated rings. The Morgan fingerprint density at radius 3 is 2.31 bits per heavy atom. The molecule has 5 heteroatoms. The number of amides is 1. The summed E-state index contributed by atoms with van der Waals surface area (Å²) in [6, 6.07) is 0.151. The highest BCUT2D eigenvalue weighted by atomic mass is 16.5. The number of hydrogen-bond acceptors (Lipinski definition) is 4. The molecule has 2 N–H and O–H groups in total. The maximum Gasteiger partial charge on any atom is 0.320 e. The van der Waals surface area contributed by atoms with Gasteiger partial charge in [-0.2, -0.15) is 0 Å². The van der Waals surface area contributed by atoms with Crippen LogP contribution in [0.3, 0.4) is 0 Å². The molecule has 16 heavy (non-hydrogen) atoms. The van der Waals surface area contributed by atoms with Crippen molar-refractivity contribution in [2.75, 3.05) is 13.1 Å². The fourth-order valence-electron chi connectivity index (χ4n) is 1.09. The molecule has 94 valence electrons. The molecule has 0 aliphatic carbocycles. The van der Waals surface area contributed by atoms with E-state index >= 15 is 0 Å². The fraction of sp³-hybridized carbons (Fsp3) is 0.818. The number of rotatable bonds is 7. The van der Waals surface area contributed by atoms with E-state index in [4.69, 9.17) is 4.74 Å². The van der Waals surface area contributed by atoms with Crippen LogP contribution >= 0.6 is 0 Å². The molecule has 0 heterocycles. The minimum atomic E-state index is -0.292. The summed E-state index contributed by atoms with van der Waals surface area (Å²) in [4.78, 5) is 22.3. The van der Waals surface area contributed by atoms with Crippen molar-refractivity contribution in [3.05, 3.63) is 0 Å². The van der Waals surface area contributed by atoms with E-state index in [1.54, 1.807) is 13.8 Å². The molecule has 0 aliphatic rings. The van der Waals surface area contributed by atoms with E-state index in [2.05, 4.69) is 10.6 Å². The third kappa shape index (κ3) is 9.45. The third-order valence-corrected chi connectivity index (χ3v) is 1.61. The second kappa shape index (κ2) is 8.10. The molecule has 0 rings (SSSR count). The summed E-state index contributed by atoms with van der Waals surface area (Å²) in [6.45, 7) is 8.04. The molecule has 0 radical (unpaired) electrons. The van der Waals surface area contributed by atoms with E-state index in [-0.39, 0.29) is 30.6 Å². The number of carbonyl (C=O) groups is 2. The zero-order valence-corrected chi connectivity index (χ0v) is 10.5. The van der Waals surface area contributed by atoms with Crippen molar-refractivity contribution in [3.63, 3.8) is 0 Å². The molecule has 0 aromatic carbocycles. The molecule has 0 bridgehead atoms. The van der Waals surface area contributed by atoms with Gasteiger partial charge >= 0.3 is 5.97 Å². The Hall–Kier alpha value is -1.10. The van der Waals surface area contributed by atoms with E-state index in [0.717, 1.165) is 0 Å². The molecule has 0 saturated heterocycles. The fourth-order valence-corrected chi connectivity index (χ4v) is 1.09. The molecule has 0 aromatic rings. The Labute approximate surface area is 96.9 Å². The average Bonchev–Trinajstić information content (AvgIpc) is 2.10. The van der Waals surface area contributed by atoms with Gasteiger partial charge in [0.05, 0.1) is 12.6 Å². The van der Waals surface area contributed by atoms with E-state index in [0.29, 0.717) is 13.0 Å². The highest BCUT2D eigenvalue weighted by Gasteiger charge is 2.06. The molecule has 0 unspecified atom stereocenters. The van der Waals surface area contributed by atoms with Gasteiger partial charge in [0.15, 0.2) is 0 Å². The molecule has 0 aliphatic heterocycles. The van der Waals surface area contributed by atoms with Crippen LogP contribution in [-0.4, -0.2) is 37.1 Å². The van der Waals surface area contributed by atoms with Crippen molar-refractivity contribution in [2.24, 2.45) is 0 Å². The Kier molecular flexibility index (Phi) is 7.54. The Bertz CT molecular complexity index is 203. The SMILES string of the molecule is CC(C)NC(=O)CCNCC(=O)OC(C)C. The van der Waals surface area contributed by atoms with Crippen molar-refractivity contribution in [2.45, 2.75) is 46.3 Å². The van der Waals surface area contributed by atoms with Crippen molar-refractivity contribution in [1.29, 1.82) is 0 Å². The number of carbonyl (C=O) groups excluding carboxylic acids is 2. The number of nitrogens with one attached hydrogen (secondary N) is 2. The number of esters is 1. The normalized spacial score (nSPS) is 10.6. The lowest BCUT2D eigenvalue weighted by molar-refractivity contribution is -0.146. The summed E-state index contributed by atoms with van der Waals surface area (Å²) in [6.07, 6.45) is 0.270. The standard InChI is InChI=1S/C11H22N2O3/c1-8(2)13-10(14)5-6-12-7-11(15)16-9(3)4/h8-9,12H,5-7H2,1-4H3,(H,13,14). The smallest absolute Gasteiger partial charge is 0.320 e. The quantitative estimate of drug-likeness (QED) is 0.492. The van der Waals surface area contributed by atoms with Crippen LogP contribution < -0.4 is 10.6 Å². The van der Waals surface area contributed by atoms with Gasteiger partial charge in [0.1, 0.15) is 0 Å². The summed E-state index contributed by atoms with van der Waals surface area (Å²) < 4.78 is 4.92. The van der Waals surface area contributed by atoms with Crippen LogP contribution in [0.1, 0.15) is 34.1 Å². The molecule has 0 saturated carbocycles. The Morgan fingerprint density at radius 1 is 1.19 bits per heavy atom. The molecule has 5 nitrogen and oxygen atoms in total. The predicted octanol–water partition coefficient (Wildman–Crippen LogP) is 0.442. The summed E-state index contributed by atoms with van der Waals surface area (Å²) >= 11 is 0. The highest BCUT2D eigenvalue weighted by Crippen LogP contribution is 1.88. The number of hydrogen-bond donors (Lipinski definition) is 2. The van der Waals surface area contributed by atoms with Gasteiger partial charge in [0, 0.05) is 19.0 Å². The van der Waals surface area contributed by atoms with E-state index in [1.807, 2.05) is 13.8 Å². The first kappa shape index (κ1) is 14.9. The van der Waals surface area contributed by atoms with Crippen LogP contribution in [0.2, 0.25) is 0 Å². The molecular weight excluding hydrogens is 208 g/mol. The van der Waals surface area contributed by atoms with Gasteiger partial charge in [-0.3, -0.25) is 9.59 Å². The monoisotopic (exact) mass is 230 g/mol. The second-order valence-electron chi connectivity index (χ2n) is 4.19. The average molecular weight is 230 g/mol. The van der Waals surface area contributed by atoms with Gasteiger partial charge in [-0.15, -0.1) is 0 Å². The first-order chi connectivity index (χ1) is 7.41. The van der Waals surface area contributed by atoms with Crippen molar-refractivity contribution in [1.82, 2.24) is 10.6 Å². The molecule has 1 amide bonds. The largest absolute Gasteiger partial charge is 0.462 e. The molecule has 0 atom stereocenters. The summed E-state index contributed by atoms with van der Waals surface area (Å²) in [5.41, 5.74) is 0. The van der Waals surface area contributed by atoms with Gasteiger partial charge < -0.3 is 15.4 Å². The van der Waals surface area contributed by atoms with Gasteiger partial charge in [-0.25, -0.2) is 0 Å². The van der Waals surface area contributed by atoms with Crippen LogP contribution in [0.4, 0.5) is 0 Å². The Morgan fingerprint density at radius 2 is 1.81 bits per heavy atom. The summed E-state index contributed by atoms with van der Waals surface area (Å²) in [5, 5.41) is 5.63. The zero-order chi connectivity index (χ0) is 12.6. The van der Waals surface area contributed by atoms with Gasteiger partial charge in [0.25, 0.3) is 0 Å². The lowest BCUT2D eigenvalue weighted by atomic mass is 10.3. The molecular formula is C11H22N2O3. The maximum absolute atomic E-state index is 11.2. The molecule has 0 aromatic heterocycles.